The van der Waals surface area contributed by atoms with Gasteiger partial charge in [0.05, 0.1) is 11.0 Å². The zero-order chi connectivity index (χ0) is 15.4. The molecule has 2 N–H and O–H groups in total. The number of hydrogen-bond donors (Lipinski definition) is 2. The molecular weight excluding hydrogens is 278 g/mol. The van der Waals surface area contributed by atoms with Crippen LogP contribution in [0.2, 0.25) is 0 Å². The van der Waals surface area contributed by atoms with Crippen molar-refractivity contribution in [3.63, 3.8) is 0 Å². The SMILES string of the molecule is CC[C@H](Oc1ccccc1)C(=O)Nc1nc2ccccc2[nH]1. The zero-order valence-electron chi connectivity index (χ0n) is 12.2. The maximum absolute atomic E-state index is 12.3. The maximum Gasteiger partial charge on any atom is 0.267 e. The number of carbonyl (C=O) groups is 1. The van der Waals surface area contributed by atoms with Crippen LogP contribution in [0.15, 0.2) is 54.6 Å². The molecule has 0 saturated carbocycles. The summed E-state index contributed by atoms with van der Waals surface area (Å²) in [4.78, 5) is 19.7. The van der Waals surface area contributed by atoms with Crippen LogP contribution in [0.3, 0.4) is 0 Å². The van der Waals surface area contributed by atoms with Gasteiger partial charge >= 0.3 is 0 Å². The van der Waals surface area contributed by atoms with Gasteiger partial charge < -0.3 is 9.72 Å². The number of amides is 1. The van der Waals surface area contributed by atoms with Crippen molar-refractivity contribution in [2.45, 2.75) is 19.4 Å². The van der Waals surface area contributed by atoms with Crippen molar-refractivity contribution in [1.82, 2.24) is 9.97 Å². The van der Waals surface area contributed by atoms with Crippen molar-refractivity contribution in [1.29, 1.82) is 0 Å². The van der Waals surface area contributed by atoms with Crippen LogP contribution in [-0.2, 0) is 4.79 Å². The normalized spacial score (nSPS) is 12.0. The third-order valence-corrected chi connectivity index (χ3v) is 3.32. The number of aromatic amines is 1. The van der Waals surface area contributed by atoms with Gasteiger partial charge in [-0.15, -0.1) is 0 Å². The van der Waals surface area contributed by atoms with Gasteiger partial charge in [0.1, 0.15) is 5.75 Å². The van der Waals surface area contributed by atoms with E-state index in [2.05, 4.69) is 15.3 Å². The lowest BCUT2D eigenvalue weighted by Crippen LogP contribution is -2.32. The Labute approximate surface area is 128 Å². The molecule has 0 unspecified atom stereocenters. The molecule has 0 bridgehead atoms. The summed E-state index contributed by atoms with van der Waals surface area (Å²) >= 11 is 0. The predicted molar refractivity (Wildman–Crippen MR) is 85.9 cm³/mol. The minimum atomic E-state index is -0.560. The first kappa shape index (κ1) is 14.1. The van der Waals surface area contributed by atoms with Crippen molar-refractivity contribution in [3.8, 4) is 5.75 Å². The maximum atomic E-state index is 12.3. The summed E-state index contributed by atoms with van der Waals surface area (Å²) < 4.78 is 5.72. The molecule has 3 rings (SSSR count). The molecular formula is C17H17N3O2. The minimum Gasteiger partial charge on any atom is -0.481 e. The number of hydrogen-bond acceptors (Lipinski definition) is 3. The fraction of sp³-hybridized carbons (Fsp3) is 0.176. The highest BCUT2D eigenvalue weighted by Gasteiger charge is 2.19. The monoisotopic (exact) mass is 295 g/mol. The first-order valence-electron chi connectivity index (χ1n) is 7.23. The molecule has 1 amide bonds. The number of nitrogens with one attached hydrogen (secondary N) is 2. The van der Waals surface area contributed by atoms with Gasteiger partial charge in [-0.25, -0.2) is 4.98 Å². The molecule has 0 fully saturated rings. The van der Waals surface area contributed by atoms with Crippen molar-refractivity contribution in [3.05, 3.63) is 54.6 Å². The molecule has 3 aromatic rings. The van der Waals surface area contributed by atoms with E-state index >= 15 is 0 Å². The number of fused-ring (bicyclic) bond motifs is 1. The Balaban J connectivity index is 1.71. The summed E-state index contributed by atoms with van der Waals surface area (Å²) in [6, 6.07) is 16.9. The van der Waals surface area contributed by atoms with Crippen molar-refractivity contribution in [2.75, 3.05) is 5.32 Å². The number of carbonyl (C=O) groups excluding carboxylic acids is 1. The van der Waals surface area contributed by atoms with E-state index in [-0.39, 0.29) is 5.91 Å². The van der Waals surface area contributed by atoms with Crippen LogP contribution in [0.1, 0.15) is 13.3 Å². The van der Waals surface area contributed by atoms with Crippen LogP contribution >= 0.6 is 0 Å². The highest BCUT2D eigenvalue weighted by molar-refractivity contribution is 5.94. The molecule has 0 aliphatic rings. The van der Waals surface area contributed by atoms with Gasteiger partial charge in [0.25, 0.3) is 5.91 Å². The molecule has 1 heterocycles. The van der Waals surface area contributed by atoms with Gasteiger partial charge in [0.2, 0.25) is 5.95 Å². The Bertz CT molecular complexity index is 735. The van der Waals surface area contributed by atoms with E-state index in [1.54, 1.807) is 0 Å². The van der Waals surface area contributed by atoms with E-state index in [9.17, 15) is 4.79 Å². The summed E-state index contributed by atoms with van der Waals surface area (Å²) in [6.07, 6.45) is 0.0108. The second-order valence-corrected chi connectivity index (χ2v) is 4.92. The molecule has 1 atom stereocenters. The third kappa shape index (κ3) is 3.09. The fourth-order valence-electron chi connectivity index (χ4n) is 2.19. The molecule has 0 aliphatic heterocycles. The third-order valence-electron chi connectivity index (χ3n) is 3.32. The van der Waals surface area contributed by atoms with Crippen molar-refractivity contribution < 1.29 is 9.53 Å². The Morgan fingerprint density at radius 1 is 1.18 bits per heavy atom. The zero-order valence-corrected chi connectivity index (χ0v) is 12.2. The Morgan fingerprint density at radius 2 is 1.91 bits per heavy atom. The van der Waals surface area contributed by atoms with E-state index in [4.69, 9.17) is 4.74 Å². The number of para-hydroxylation sites is 3. The van der Waals surface area contributed by atoms with E-state index in [1.807, 2.05) is 61.5 Å². The van der Waals surface area contributed by atoms with Gasteiger partial charge in [-0.3, -0.25) is 10.1 Å². The first-order valence-corrected chi connectivity index (χ1v) is 7.23. The molecule has 0 saturated heterocycles. The van der Waals surface area contributed by atoms with Gasteiger partial charge in [0, 0.05) is 0 Å². The number of aromatic nitrogens is 2. The molecule has 22 heavy (non-hydrogen) atoms. The van der Waals surface area contributed by atoms with Gasteiger partial charge in [-0.1, -0.05) is 37.3 Å². The van der Waals surface area contributed by atoms with Crippen LogP contribution in [-0.4, -0.2) is 22.0 Å². The van der Waals surface area contributed by atoms with Gasteiger partial charge in [-0.05, 0) is 30.7 Å². The molecule has 1 aromatic heterocycles. The van der Waals surface area contributed by atoms with E-state index in [0.29, 0.717) is 18.1 Å². The molecule has 0 radical (unpaired) electrons. The highest BCUT2D eigenvalue weighted by Crippen LogP contribution is 2.16. The lowest BCUT2D eigenvalue weighted by atomic mass is 10.2. The Morgan fingerprint density at radius 3 is 2.64 bits per heavy atom. The average molecular weight is 295 g/mol. The number of imidazole rings is 1. The second-order valence-electron chi connectivity index (χ2n) is 4.92. The number of rotatable bonds is 5. The van der Waals surface area contributed by atoms with Crippen LogP contribution < -0.4 is 10.1 Å². The van der Waals surface area contributed by atoms with Crippen molar-refractivity contribution >= 4 is 22.9 Å². The number of ether oxygens (including phenoxy) is 1. The fourth-order valence-corrected chi connectivity index (χ4v) is 2.19. The second kappa shape index (κ2) is 6.30. The van der Waals surface area contributed by atoms with E-state index in [1.165, 1.54) is 0 Å². The Kier molecular flexibility index (Phi) is 4.05. The molecule has 0 spiro atoms. The van der Waals surface area contributed by atoms with Crippen LogP contribution in [0.4, 0.5) is 5.95 Å². The lowest BCUT2D eigenvalue weighted by molar-refractivity contribution is -0.122. The number of anilines is 1. The summed E-state index contributed by atoms with van der Waals surface area (Å²) in [5.74, 6) is 0.890. The molecule has 2 aromatic carbocycles. The largest absolute Gasteiger partial charge is 0.481 e. The number of benzene rings is 2. The minimum absolute atomic E-state index is 0.217. The smallest absolute Gasteiger partial charge is 0.267 e. The number of nitrogens with zero attached hydrogens (tertiary/aromatic N) is 1. The summed E-state index contributed by atoms with van der Waals surface area (Å²) in [6.45, 7) is 1.91. The quantitative estimate of drug-likeness (QED) is 0.758. The topological polar surface area (TPSA) is 67.0 Å². The molecule has 5 nitrogen and oxygen atoms in total. The van der Waals surface area contributed by atoms with Crippen LogP contribution in [0.25, 0.3) is 11.0 Å². The van der Waals surface area contributed by atoms with Crippen LogP contribution in [0.5, 0.6) is 5.75 Å². The van der Waals surface area contributed by atoms with Gasteiger partial charge in [-0.2, -0.15) is 0 Å². The molecule has 5 heteroatoms. The average Bonchev–Trinajstić information content (AvgIpc) is 2.95. The van der Waals surface area contributed by atoms with Crippen LogP contribution in [0, 0.1) is 0 Å². The molecule has 0 aliphatic carbocycles. The lowest BCUT2D eigenvalue weighted by Gasteiger charge is -2.16. The Hall–Kier alpha value is -2.82. The van der Waals surface area contributed by atoms with E-state index < -0.39 is 6.10 Å². The first-order chi connectivity index (χ1) is 10.8. The van der Waals surface area contributed by atoms with Gasteiger partial charge in [0.15, 0.2) is 6.10 Å². The predicted octanol–water partition coefficient (Wildman–Crippen LogP) is 3.36. The van der Waals surface area contributed by atoms with E-state index in [0.717, 1.165) is 11.0 Å². The summed E-state index contributed by atoms with van der Waals surface area (Å²) in [5.41, 5.74) is 1.70. The van der Waals surface area contributed by atoms with Crippen molar-refractivity contribution in [2.24, 2.45) is 0 Å². The summed E-state index contributed by atoms with van der Waals surface area (Å²) in [5, 5.41) is 2.77. The highest BCUT2D eigenvalue weighted by atomic mass is 16.5. The molecule has 112 valence electrons. The standard InChI is InChI=1S/C17H17N3O2/c1-2-15(22-12-8-4-3-5-9-12)16(21)20-17-18-13-10-6-7-11-14(13)19-17/h3-11,15H,2H2,1H3,(H2,18,19,20,21)/t15-/m0/s1. The number of H-pyrrole nitrogens is 1. The summed E-state index contributed by atoms with van der Waals surface area (Å²) in [7, 11) is 0.